The second-order valence-electron chi connectivity index (χ2n) is 9.59. The minimum absolute atomic E-state index is 0.00723. The topological polar surface area (TPSA) is 63.0 Å². The normalized spacial score (nSPS) is 18.2. The van der Waals surface area contributed by atoms with Gasteiger partial charge in [-0.2, -0.15) is 0 Å². The maximum atomic E-state index is 13.2. The molecule has 0 saturated carbocycles. The van der Waals surface area contributed by atoms with Crippen molar-refractivity contribution in [3.63, 3.8) is 0 Å². The molecule has 0 radical (unpaired) electrons. The predicted molar refractivity (Wildman–Crippen MR) is 141 cm³/mol. The van der Waals surface area contributed by atoms with Gasteiger partial charge in [-0.05, 0) is 49.7 Å². The molecule has 2 heterocycles. The van der Waals surface area contributed by atoms with Crippen molar-refractivity contribution in [2.24, 2.45) is 0 Å². The van der Waals surface area contributed by atoms with Gasteiger partial charge >= 0.3 is 0 Å². The molecule has 0 bridgehead atoms. The summed E-state index contributed by atoms with van der Waals surface area (Å²) in [6, 6.07) is 22.6. The Bertz CT molecular complexity index is 1450. The van der Waals surface area contributed by atoms with Crippen molar-refractivity contribution in [2.45, 2.75) is 32.5 Å². The van der Waals surface area contributed by atoms with Crippen LogP contribution >= 0.6 is 0 Å². The Hall–Kier alpha value is -3.97. The molecule has 1 aliphatic heterocycles. The lowest BCUT2D eigenvalue weighted by Gasteiger charge is -2.44. The highest BCUT2D eigenvalue weighted by Crippen LogP contribution is 2.25. The number of ether oxygens (including phenoxy) is 1. The van der Waals surface area contributed by atoms with Crippen LogP contribution in [0.2, 0.25) is 0 Å². The summed E-state index contributed by atoms with van der Waals surface area (Å²) in [5.41, 5.74) is 2.16. The average Bonchev–Trinajstić information content (AvgIpc) is 2.91. The zero-order valence-electron chi connectivity index (χ0n) is 20.9. The van der Waals surface area contributed by atoms with Gasteiger partial charge in [-0.25, -0.2) is 4.39 Å². The highest BCUT2D eigenvalue weighted by Gasteiger charge is 2.32. The van der Waals surface area contributed by atoms with Crippen LogP contribution in [-0.2, 0) is 11.3 Å². The molecule has 1 aliphatic rings. The molecule has 37 heavy (non-hydrogen) atoms. The molecule has 7 heteroatoms. The third kappa shape index (κ3) is 5.57. The third-order valence-electron chi connectivity index (χ3n) is 6.85. The predicted octanol–water partition coefficient (Wildman–Crippen LogP) is 5.10. The van der Waals surface area contributed by atoms with Crippen LogP contribution in [-0.4, -0.2) is 47.5 Å². The Morgan fingerprint density at radius 3 is 2.49 bits per heavy atom. The first kappa shape index (κ1) is 24.7. The molecule has 0 spiro atoms. The van der Waals surface area contributed by atoms with Gasteiger partial charge in [-0.1, -0.05) is 42.5 Å². The molecule has 3 aromatic carbocycles. The summed E-state index contributed by atoms with van der Waals surface area (Å²) in [6.07, 6.45) is 0. The van der Waals surface area contributed by atoms with Crippen molar-refractivity contribution >= 4 is 16.9 Å². The quantitative estimate of drug-likeness (QED) is 0.369. The molecule has 0 aliphatic carbocycles. The number of hydrogen-bond donors (Lipinski definition) is 0. The molecule has 1 fully saturated rings. The van der Waals surface area contributed by atoms with E-state index in [0.717, 1.165) is 11.1 Å². The summed E-state index contributed by atoms with van der Waals surface area (Å²) in [7, 11) is 0. The van der Waals surface area contributed by atoms with Crippen molar-refractivity contribution in [3.05, 3.63) is 100 Å². The Morgan fingerprint density at radius 1 is 0.973 bits per heavy atom. The fraction of sp³-hybridized carbons (Fsp3) is 0.267. The molecule has 1 saturated heterocycles. The van der Waals surface area contributed by atoms with Crippen LogP contribution in [0.3, 0.4) is 0 Å². The second-order valence-corrected chi connectivity index (χ2v) is 9.59. The Balaban J connectivity index is 1.22. The van der Waals surface area contributed by atoms with Gasteiger partial charge in [0, 0.05) is 43.3 Å². The van der Waals surface area contributed by atoms with E-state index in [1.54, 1.807) is 30.3 Å². The lowest BCUT2D eigenvalue weighted by Crippen LogP contribution is -2.58. The fourth-order valence-corrected chi connectivity index (χ4v) is 4.79. The van der Waals surface area contributed by atoms with E-state index in [1.165, 1.54) is 18.2 Å². The summed E-state index contributed by atoms with van der Waals surface area (Å²) in [4.78, 5) is 29.9. The van der Waals surface area contributed by atoms with Crippen LogP contribution in [0.4, 0.5) is 4.39 Å². The minimum Gasteiger partial charge on any atom is -0.484 e. The van der Waals surface area contributed by atoms with Crippen LogP contribution in [0.25, 0.3) is 22.3 Å². The maximum absolute atomic E-state index is 13.2. The smallest absolute Gasteiger partial charge is 0.260 e. The van der Waals surface area contributed by atoms with Crippen LogP contribution < -0.4 is 10.2 Å². The number of amides is 1. The Kier molecular flexibility index (Phi) is 7.06. The van der Waals surface area contributed by atoms with E-state index < -0.39 is 0 Å². The van der Waals surface area contributed by atoms with E-state index in [9.17, 15) is 14.0 Å². The van der Waals surface area contributed by atoms with Gasteiger partial charge < -0.3 is 14.1 Å². The van der Waals surface area contributed by atoms with Crippen molar-refractivity contribution in [2.75, 3.05) is 19.7 Å². The van der Waals surface area contributed by atoms with Crippen molar-refractivity contribution in [1.29, 1.82) is 0 Å². The van der Waals surface area contributed by atoms with Crippen molar-refractivity contribution in [3.8, 4) is 17.1 Å². The van der Waals surface area contributed by atoms with Gasteiger partial charge in [0.15, 0.2) is 12.0 Å². The zero-order chi connectivity index (χ0) is 25.9. The lowest BCUT2D eigenvalue weighted by molar-refractivity contribution is -0.139. The number of halogens is 1. The van der Waals surface area contributed by atoms with Crippen LogP contribution in [0.5, 0.6) is 5.75 Å². The lowest BCUT2D eigenvalue weighted by atomic mass is 10.1. The van der Waals surface area contributed by atoms with E-state index in [0.29, 0.717) is 42.1 Å². The average molecular weight is 501 g/mol. The number of carbonyl (C=O) groups is 1. The number of carbonyl (C=O) groups excluding carboxylic acids is 1. The standard InChI is InChI=1S/C30H29FN2O4/c1-20-17-33(21(2)16-32(20)18-22-8-10-24(31)11-9-22)30(35)19-36-25-12-13-28-26(14-25)27(34)15-29(37-28)23-6-4-3-5-7-23/h3-15,20-21H,16-19H2,1-2H3/t20-,21+/m1/s1. The summed E-state index contributed by atoms with van der Waals surface area (Å²) in [6.45, 7) is 5.99. The van der Waals surface area contributed by atoms with E-state index in [2.05, 4.69) is 11.8 Å². The molecule has 1 amide bonds. The van der Waals surface area contributed by atoms with E-state index in [1.807, 2.05) is 42.2 Å². The number of nitrogens with zero attached hydrogens (tertiary/aromatic N) is 2. The van der Waals surface area contributed by atoms with Crippen LogP contribution in [0.1, 0.15) is 19.4 Å². The molecular weight excluding hydrogens is 471 g/mol. The van der Waals surface area contributed by atoms with E-state index in [4.69, 9.17) is 9.15 Å². The number of benzene rings is 3. The molecule has 0 N–H and O–H groups in total. The second kappa shape index (κ2) is 10.6. The largest absolute Gasteiger partial charge is 0.484 e. The first-order valence-corrected chi connectivity index (χ1v) is 12.4. The van der Waals surface area contributed by atoms with Crippen LogP contribution in [0, 0.1) is 5.82 Å². The molecule has 4 aromatic rings. The number of rotatable bonds is 6. The SMILES string of the molecule is C[C@@H]1CN(C(=O)COc2ccc3oc(-c4ccccc4)cc(=O)c3c2)[C@@H](C)CN1Cc1ccc(F)cc1. The summed E-state index contributed by atoms with van der Waals surface area (Å²) < 4.78 is 25.0. The Labute approximate surface area is 214 Å². The van der Waals surface area contributed by atoms with Crippen molar-refractivity contribution < 1.29 is 18.3 Å². The number of fused-ring (bicyclic) bond motifs is 1. The molecule has 2 atom stereocenters. The molecule has 5 rings (SSSR count). The Morgan fingerprint density at radius 2 is 1.73 bits per heavy atom. The molecular formula is C30H29FN2O4. The van der Waals surface area contributed by atoms with Gasteiger partial charge in [0.25, 0.3) is 5.91 Å². The minimum atomic E-state index is -0.246. The van der Waals surface area contributed by atoms with E-state index >= 15 is 0 Å². The highest BCUT2D eigenvalue weighted by atomic mass is 19.1. The summed E-state index contributed by atoms with van der Waals surface area (Å²) in [5.74, 6) is 0.594. The van der Waals surface area contributed by atoms with Gasteiger partial charge in [0.2, 0.25) is 0 Å². The molecule has 190 valence electrons. The molecule has 0 unspecified atom stereocenters. The van der Waals surface area contributed by atoms with Gasteiger partial charge in [0.05, 0.1) is 5.39 Å². The van der Waals surface area contributed by atoms with Gasteiger partial charge in [-0.15, -0.1) is 0 Å². The first-order chi connectivity index (χ1) is 17.9. The fourth-order valence-electron chi connectivity index (χ4n) is 4.79. The monoisotopic (exact) mass is 500 g/mol. The van der Waals surface area contributed by atoms with Crippen molar-refractivity contribution in [1.82, 2.24) is 9.80 Å². The van der Waals surface area contributed by atoms with Gasteiger partial charge in [0.1, 0.15) is 22.9 Å². The van der Waals surface area contributed by atoms with Crippen LogP contribution in [0.15, 0.2) is 88.1 Å². The molecule has 6 nitrogen and oxygen atoms in total. The number of hydrogen-bond acceptors (Lipinski definition) is 5. The summed E-state index contributed by atoms with van der Waals surface area (Å²) in [5, 5.41) is 0.404. The zero-order valence-corrected chi connectivity index (χ0v) is 20.9. The third-order valence-corrected chi connectivity index (χ3v) is 6.85. The highest BCUT2D eigenvalue weighted by molar-refractivity contribution is 5.81. The maximum Gasteiger partial charge on any atom is 0.260 e. The van der Waals surface area contributed by atoms with E-state index in [-0.39, 0.29) is 35.8 Å². The summed E-state index contributed by atoms with van der Waals surface area (Å²) >= 11 is 0. The number of piperazine rings is 1. The first-order valence-electron chi connectivity index (χ1n) is 12.4. The molecule has 1 aromatic heterocycles. The van der Waals surface area contributed by atoms with Gasteiger partial charge in [-0.3, -0.25) is 14.5 Å².